The molecule has 0 aliphatic heterocycles. The monoisotopic (exact) mass is 321 g/mol. The number of halogens is 1. The molecule has 1 saturated carbocycles. The van der Waals surface area contributed by atoms with Crippen molar-refractivity contribution in [2.24, 2.45) is 5.92 Å². The number of aromatic nitrogens is 2. The molecule has 0 saturated heterocycles. The second-order valence-electron chi connectivity index (χ2n) is 5.01. The fourth-order valence-corrected chi connectivity index (χ4v) is 3.54. The minimum absolute atomic E-state index is 0.0148. The van der Waals surface area contributed by atoms with Crippen LogP contribution in [0.25, 0.3) is 5.52 Å². The van der Waals surface area contributed by atoms with Gasteiger partial charge in [-0.15, -0.1) is 0 Å². The molecule has 2 aromatic rings. The largest absolute Gasteiger partial charge is 0.349 e. The van der Waals surface area contributed by atoms with Crippen molar-refractivity contribution in [2.75, 3.05) is 5.33 Å². The van der Waals surface area contributed by atoms with Gasteiger partial charge in [0.1, 0.15) is 0 Å². The standard InChI is InChI=1S/C14H16BrN3O/c15-8-10-4-3-5-12(10)17-14(19)11-9-16-18-7-2-1-6-13(11)18/h1-2,6-7,9-10,12H,3-5,8H2,(H,17,19). The Morgan fingerprint density at radius 2 is 2.37 bits per heavy atom. The molecule has 0 spiro atoms. The highest BCUT2D eigenvalue weighted by Gasteiger charge is 2.28. The lowest BCUT2D eigenvalue weighted by atomic mass is 10.1. The third kappa shape index (κ3) is 2.39. The molecule has 2 unspecified atom stereocenters. The van der Waals surface area contributed by atoms with E-state index in [0.717, 1.165) is 17.3 Å². The topological polar surface area (TPSA) is 46.4 Å². The number of nitrogens with one attached hydrogen (secondary N) is 1. The summed E-state index contributed by atoms with van der Waals surface area (Å²) in [5.74, 6) is 0.532. The number of amides is 1. The Kier molecular flexibility index (Phi) is 3.55. The minimum atomic E-state index is -0.0148. The lowest BCUT2D eigenvalue weighted by molar-refractivity contribution is 0.0932. The van der Waals surface area contributed by atoms with Crippen molar-refractivity contribution in [1.82, 2.24) is 14.9 Å². The highest BCUT2D eigenvalue weighted by molar-refractivity contribution is 9.09. The molecule has 3 rings (SSSR count). The normalized spacial score (nSPS) is 22.8. The van der Waals surface area contributed by atoms with Crippen LogP contribution in [0.1, 0.15) is 29.6 Å². The molecule has 2 aromatic heterocycles. The summed E-state index contributed by atoms with van der Waals surface area (Å²) < 4.78 is 1.73. The summed E-state index contributed by atoms with van der Waals surface area (Å²) in [6.45, 7) is 0. The summed E-state index contributed by atoms with van der Waals surface area (Å²) in [6, 6.07) is 6.02. The van der Waals surface area contributed by atoms with Crippen LogP contribution >= 0.6 is 15.9 Å². The summed E-state index contributed by atoms with van der Waals surface area (Å²) in [6.07, 6.45) is 6.94. The van der Waals surface area contributed by atoms with Gasteiger partial charge >= 0.3 is 0 Å². The molecule has 19 heavy (non-hydrogen) atoms. The summed E-state index contributed by atoms with van der Waals surface area (Å²) in [4.78, 5) is 12.4. The Balaban J connectivity index is 1.80. The summed E-state index contributed by atoms with van der Waals surface area (Å²) in [7, 11) is 0. The first-order valence-corrected chi connectivity index (χ1v) is 7.71. The predicted octanol–water partition coefficient (Wildman–Crippen LogP) is 2.63. The van der Waals surface area contributed by atoms with E-state index in [4.69, 9.17) is 0 Å². The summed E-state index contributed by atoms with van der Waals surface area (Å²) in [5.41, 5.74) is 1.51. The maximum atomic E-state index is 12.4. The van der Waals surface area contributed by atoms with E-state index in [9.17, 15) is 4.79 Å². The van der Waals surface area contributed by atoms with Gasteiger partial charge in [-0.1, -0.05) is 28.4 Å². The minimum Gasteiger partial charge on any atom is -0.349 e. The van der Waals surface area contributed by atoms with Crippen LogP contribution in [0.3, 0.4) is 0 Å². The van der Waals surface area contributed by atoms with Crippen molar-refractivity contribution in [1.29, 1.82) is 0 Å². The van der Waals surface area contributed by atoms with Gasteiger partial charge in [-0.3, -0.25) is 4.79 Å². The predicted molar refractivity (Wildman–Crippen MR) is 77.6 cm³/mol. The smallest absolute Gasteiger partial charge is 0.255 e. The lowest BCUT2D eigenvalue weighted by Crippen LogP contribution is -2.37. The Labute approximate surface area is 120 Å². The average molecular weight is 322 g/mol. The van der Waals surface area contributed by atoms with Crippen LogP contribution in [0.15, 0.2) is 30.6 Å². The molecule has 0 radical (unpaired) electrons. The van der Waals surface area contributed by atoms with Crippen LogP contribution in [0.2, 0.25) is 0 Å². The quantitative estimate of drug-likeness (QED) is 0.883. The van der Waals surface area contributed by atoms with Gasteiger partial charge in [0, 0.05) is 17.6 Å². The zero-order chi connectivity index (χ0) is 13.2. The van der Waals surface area contributed by atoms with Crippen molar-refractivity contribution >= 4 is 27.4 Å². The molecule has 4 nitrogen and oxygen atoms in total. The van der Waals surface area contributed by atoms with E-state index in [-0.39, 0.29) is 11.9 Å². The molecular weight excluding hydrogens is 306 g/mol. The molecule has 2 heterocycles. The van der Waals surface area contributed by atoms with E-state index in [2.05, 4.69) is 26.3 Å². The highest BCUT2D eigenvalue weighted by atomic mass is 79.9. The van der Waals surface area contributed by atoms with E-state index in [0.29, 0.717) is 11.5 Å². The van der Waals surface area contributed by atoms with E-state index < -0.39 is 0 Å². The Hall–Kier alpha value is -1.36. The maximum Gasteiger partial charge on any atom is 0.255 e. The number of rotatable bonds is 3. The third-order valence-corrected chi connectivity index (χ3v) is 4.68. The summed E-state index contributed by atoms with van der Waals surface area (Å²) in [5, 5.41) is 8.30. The van der Waals surface area contributed by atoms with Gasteiger partial charge in [0.15, 0.2) is 0 Å². The Morgan fingerprint density at radius 1 is 1.47 bits per heavy atom. The number of alkyl halides is 1. The van der Waals surface area contributed by atoms with Crippen LogP contribution in [0, 0.1) is 5.92 Å². The maximum absolute atomic E-state index is 12.4. The molecular formula is C14H16BrN3O. The lowest BCUT2D eigenvalue weighted by Gasteiger charge is -2.18. The van der Waals surface area contributed by atoms with Crippen molar-refractivity contribution < 1.29 is 4.79 Å². The molecule has 100 valence electrons. The summed E-state index contributed by atoms with van der Waals surface area (Å²) >= 11 is 3.53. The molecule has 0 aromatic carbocycles. The number of fused-ring (bicyclic) bond motifs is 1. The van der Waals surface area contributed by atoms with Crippen LogP contribution in [-0.4, -0.2) is 26.9 Å². The van der Waals surface area contributed by atoms with E-state index in [1.165, 1.54) is 12.8 Å². The molecule has 1 aliphatic rings. The van der Waals surface area contributed by atoms with E-state index >= 15 is 0 Å². The van der Waals surface area contributed by atoms with Crippen LogP contribution < -0.4 is 5.32 Å². The van der Waals surface area contributed by atoms with Crippen LogP contribution in [0.5, 0.6) is 0 Å². The van der Waals surface area contributed by atoms with Gasteiger partial charge in [-0.25, -0.2) is 4.52 Å². The number of carbonyl (C=O) groups excluding carboxylic acids is 1. The fraction of sp³-hybridized carbons (Fsp3) is 0.429. The van der Waals surface area contributed by atoms with E-state index in [1.54, 1.807) is 10.7 Å². The van der Waals surface area contributed by atoms with Gasteiger partial charge in [-0.05, 0) is 30.9 Å². The molecule has 0 bridgehead atoms. The van der Waals surface area contributed by atoms with Crippen molar-refractivity contribution in [3.05, 3.63) is 36.2 Å². The Bertz CT molecular complexity index is 595. The second-order valence-corrected chi connectivity index (χ2v) is 5.66. The third-order valence-electron chi connectivity index (χ3n) is 3.84. The second kappa shape index (κ2) is 5.33. The van der Waals surface area contributed by atoms with Gasteiger partial charge in [-0.2, -0.15) is 5.10 Å². The molecule has 1 N–H and O–H groups in total. The zero-order valence-electron chi connectivity index (χ0n) is 10.6. The SMILES string of the molecule is O=C(NC1CCCC1CBr)c1cnn2ccccc12. The fourth-order valence-electron chi connectivity index (χ4n) is 2.77. The van der Waals surface area contributed by atoms with Gasteiger partial charge < -0.3 is 5.32 Å². The first-order valence-electron chi connectivity index (χ1n) is 6.59. The number of hydrogen-bond donors (Lipinski definition) is 1. The van der Waals surface area contributed by atoms with Gasteiger partial charge in [0.05, 0.1) is 17.3 Å². The van der Waals surface area contributed by atoms with E-state index in [1.807, 2.05) is 24.4 Å². The van der Waals surface area contributed by atoms with Crippen molar-refractivity contribution in [2.45, 2.75) is 25.3 Å². The van der Waals surface area contributed by atoms with Gasteiger partial charge in [0.25, 0.3) is 5.91 Å². The van der Waals surface area contributed by atoms with Crippen molar-refractivity contribution in [3.63, 3.8) is 0 Å². The van der Waals surface area contributed by atoms with Crippen LogP contribution in [0.4, 0.5) is 0 Å². The zero-order valence-corrected chi connectivity index (χ0v) is 12.1. The Morgan fingerprint density at radius 3 is 3.21 bits per heavy atom. The molecule has 5 heteroatoms. The van der Waals surface area contributed by atoms with Gasteiger partial charge in [0.2, 0.25) is 0 Å². The number of nitrogens with zero attached hydrogens (tertiary/aromatic N) is 2. The average Bonchev–Trinajstić information content (AvgIpc) is 3.04. The first kappa shape index (κ1) is 12.7. The van der Waals surface area contributed by atoms with Crippen LogP contribution in [-0.2, 0) is 0 Å². The number of hydrogen-bond acceptors (Lipinski definition) is 2. The highest BCUT2D eigenvalue weighted by Crippen LogP contribution is 2.27. The molecule has 2 atom stereocenters. The molecule has 1 fully saturated rings. The molecule has 1 amide bonds. The van der Waals surface area contributed by atoms with Crippen molar-refractivity contribution in [3.8, 4) is 0 Å². The number of pyridine rings is 1. The molecule has 1 aliphatic carbocycles. The first-order chi connectivity index (χ1) is 9.29. The number of carbonyl (C=O) groups is 1.